The maximum atomic E-state index is 10.6. The number of carboxylic acid groups (broad SMARTS) is 2. The monoisotopic (exact) mass is 283 g/mol. The molecule has 0 amide bonds. The van der Waals surface area contributed by atoms with Crippen LogP contribution in [-0.4, -0.2) is 56.2 Å². The third-order valence-corrected chi connectivity index (χ3v) is 3.08. The van der Waals surface area contributed by atoms with Crippen LogP contribution in [0.5, 0.6) is 0 Å². The number of carboxylic acids is 2. The lowest BCUT2D eigenvalue weighted by molar-refractivity contribution is -0.137. The first-order valence-corrected chi connectivity index (χ1v) is 6.62. The first-order valence-electron chi connectivity index (χ1n) is 6.62. The molecule has 0 atom stereocenters. The second kappa shape index (κ2) is 8.31. The van der Waals surface area contributed by atoms with Gasteiger partial charge in [-0.1, -0.05) is 0 Å². The lowest BCUT2D eigenvalue weighted by atomic mass is 10.3. The summed E-state index contributed by atoms with van der Waals surface area (Å²) in [5, 5.41) is 17.4. The van der Waals surface area contributed by atoms with Crippen molar-refractivity contribution in [2.45, 2.75) is 32.7 Å². The van der Waals surface area contributed by atoms with E-state index in [-0.39, 0.29) is 12.8 Å². The Labute approximate surface area is 117 Å². The van der Waals surface area contributed by atoms with Crippen LogP contribution in [0.3, 0.4) is 0 Å². The molecule has 0 unspecified atom stereocenters. The predicted molar refractivity (Wildman–Crippen MR) is 72.5 cm³/mol. The highest BCUT2D eigenvalue weighted by molar-refractivity contribution is 5.67. The van der Waals surface area contributed by atoms with Crippen LogP contribution in [0.1, 0.15) is 25.1 Å². The average molecular weight is 283 g/mol. The highest BCUT2D eigenvalue weighted by Crippen LogP contribution is 2.01. The highest BCUT2D eigenvalue weighted by Gasteiger charge is 2.09. The van der Waals surface area contributed by atoms with Gasteiger partial charge < -0.3 is 19.7 Å². The van der Waals surface area contributed by atoms with Gasteiger partial charge in [0.05, 0.1) is 12.8 Å². The van der Waals surface area contributed by atoms with Gasteiger partial charge in [-0.05, 0) is 19.9 Å². The van der Waals surface area contributed by atoms with Gasteiger partial charge in [0.1, 0.15) is 5.82 Å². The van der Waals surface area contributed by atoms with Crippen LogP contribution in [0, 0.1) is 6.92 Å². The Kier molecular flexibility index (Phi) is 6.72. The standard InChI is InChI=1S/C13H21N3O4/c1-11-14-5-10-16(11)7-2-6-15(8-3-12(17)18)9-4-13(19)20/h5,10H,2-4,6-9H2,1H3,(H,17,18)(H,19,20). The van der Waals surface area contributed by atoms with Crippen molar-refractivity contribution in [2.75, 3.05) is 19.6 Å². The molecule has 1 aromatic heterocycles. The Morgan fingerprint density at radius 3 is 2.25 bits per heavy atom. The number of imidazole rings is 1. The Balaban J connectivity index is 2.36. The first kappa shape index (κ1) is 16.2. The van der Waals surface area contributed by atoms with Crippen LogP contribution in [0.15, 0.2) is 12.4 Å². The van der Waals surface area contributed by atoms with Crippen molar-refractivity contribution in [3.8, 4) is 0 Å². The summed E-state index contributed by atoms with van der Waals surface area (Å²) in [4.78, 5) is 27.2. The molecular formula is C13H21N3O4. The van der Waals surface area contributed by atoms with Crippen LogP contribution in [0.2, 0.25) is 0 Å². The van der Waals surface area contributed by atoms with Gasteiger partial charge in [-0.3, -0.25) is 9.59 Å². The van der Waals surface area contributed by atoms with E-state index in [9.17, 15) is 9.59 Å². The number of hydrogen-bond acceptors (Lipinski definition) is 4. The predicted octanol–water partition coefficient (Wildman–Crippen LogP) is 0.833. The Morgan fingerprint density at radius 2 is 1.80 bits per heavy atom. The largest absolute Gasteiger partial charge is 0.481 e. The van der Waals surface area contributed by atoms with Crippen molar-refractivity contribution in [3.63, 3.8) is 0 Å². The number of aryl methyl sites for hydroxylation is 2. The second-order valence-corrected chi connectivity index (χ2v) is 4.65. The minimum absolute atomic E-state index is 0.0315. The van der Waals surface area contributed by atoms with Gasteiger partial charge >= 0.3 is 11.9 Å². The normalized spacial score (nSPS) is 10.9. The summed E-state index contributed by atoms with van der Waals surface area (Å²) in [5.41, 5.74) is 0. The van der Waals surface area contributed by atoms with Crippen LogP contribution < -0.4 is 0 Å². The summed E-state index contributed by atoms with van der Waals surface area (Å²) < 4.78 is 2.02. The minimum atomic E-state index is -0.865. The fourth-order valence-electron chi connectivity index (χ4n) is 1.95. The quantitative estimate of drug-likeness (QED) is 0.660. The molecule has 0 spiro atoms. The van der Waals surface area contributed by atoms with Gasteiger partial charge in [0.15, 0.2) is 0 Å². The molecule has 0 saturated heterocycles. The third kappa shape index (κ3) is 6.33. The van der Waals surface area contributed by atoms with Gasteiger partial charge in [0.25, 0.3) is 0 Å². The molecule has 7 heteroatoms. The Hall–Kier alpha value is -1.89. The third-order valence-electron chi connectivity index (χ3n) is 3.08. The van der Waals surface area contributed by atoms with E-state index in [1.807, 2.05) is 22.6 Å². The van der Waals surface area contributed by atoms with E-state index in [4.69, 9.17) is 10.2 Å². The van der Waals surface area contributed by atoms with E-state index in [1.165, 1.54) is 0 Å². The smallest absolute Gasteiger partial charge is 0.304 e. The van der Waals surface area contributed by atoms with E-state index in [1.54, 1.807) is 6.20 Å². The minimum Gasteiger partial charge on any atom is -0.481 e. The number of rotatable bonds is 10. The summed E-state index contributed by atoms with van der Waals surface area (Å²) in [6, 6.07) is 0. The summed E-state index contributed by atoms with van der Waals surface area (Å²) in [6.45, 7) is 4.16. The zero-order valence-electron chi connectivity index (χ0n) is 11.7. The van der Waals surface area contributed by atoms with Crippen LogP contribution in [0.4, 0.5) is 0 Å². The average Bonchev–Trinajstić information content (AvgIpc) is 2.77. The van der Waals surface area contributed by atoms with Crippen molar-refractivity contribution in [1.82, 2.24) is 14.5 Å². The molecule has 2 N–H and O–H groups in total. The summed E-state index contributed by atoms with van der Waals surface area (Å²) in [6.07, 6.45) is 4.53. The highest BCUT2D eigenvalue weighted by atomic mass is 16.4. The maximum Gasteiger partial charge on any atom is 0.304 e. The molecule has 1 rings (SSSR count). The molecule has 0 aliphatic heterocycles. The van der Waals surface area contributed by atoms with Crippen LogP contribution >= 0.6 is 0 Å². The Bertz CT molecular complexity index is 427. The summed E-state index contributed by atoms with van der Waals surface area (Å²) in [7, 11) is 0. The van der Waals surface area contributed by atoms with Crippen molar-refractivity contribution in [1.29, 1.82) is 0 Å². The summed E-state index contributed by atoms with van der Waals surface area (Å²) in [5.74, 6) is -0.792. The molecule has 112 valence electrons. The van der Waals surface area contributed by atoms with Crippen LogP contribution in [0.25, 0.3) is 0 Å². The topological polar surface area (TPSA) is 95.7 Å². The van der Waals surface area contributed by atoms with E-state index < -0.39 is 11.9 Å². The van der Waals surface area contributed by atoms with E-state index in [0.29, 0.717) is 19.6 Å². The zero-order chi connectivity index (χ0) is 15.0. The Morgan fingerprint density at radius 1 is 1.20 bits per heavy atom. The molecule has 7 nitrogen and oxygen atoms in total. The molecule has 0 bridgehead atoms. The number of aliphatic carboxylic acids is 2. The van der Waals surface area contributed by atoms with Crippen LogP contribution in [-0.2, 0) is 16.1 Å². The van der Waals surface area contributed by atoms with Gasteiger partial charge in [-0.2, -0.15) is 0 Å². The molecule has 20 heavy (non-hydrogen) atoms. The fraction of sp³-hybridized carbons (Fsp3) is 0.615. The maximum absolute atomic E-state index is 10.6. The molecule has 0 aliphatic rings. The number of hydrogen-bond donors (Lipinski definition) is 2. The van der Waals surface area contributed by atoms with Crippen molar-refractivity contribution < 1.29 is 19.8 Å². The van der Waals surface area contributed by atoms with Gasteiger partial charge in [-0.15, -0.1) is 0 Å². The number of nitrogens with zero attached hydrogens (tertiary/aromatic N) is 3. The van der Waals surface area contributed by atoms with E-state index in [2.05, 4.69) is 4.98 Å². The molecular weight excluding hydrogens is 262 g/mol. The molecule has 1 heterocycles. The van der Waals surface area contributed by atoms with Gasteiger partial charge in [0.2, 0.25) is 0 Å². The van der Waals surface area contributed by atoms with Crippen molar-refractivity contribution >= 4 is 11.9 Å². The first-order chi connectivity index (χ1) is 9.49. The van der Waals surface area contributed by atoms with Gasteiger partial charge in [-0.25, -0.2) is 4.98 Å². The lowest BCUT2D eigenvalue weighted by Crippen LogP contribution is -2.30. The number of carbonyl (C=O) groups is 2. The van der Waals surface area contributed by atoms with E-state index >= 15 is 0 Å². The molecule has 0 fully saturated rings. The molecule has 0 aromatic carbocycles. The number of aromatic nitrogens is 2. The van der Waals surface area contributed by atoms with Gasteiger partial charge in [0, 0.05) is 32.0 Å². The molecule has 0 saturated carbocycles. The van der Waals surface area contributed by atoms with Crippen molar-refractivity contribution in [3.05, 3.63) is 18.2 Å². The SMILES string of the molecule is Cc1nccn1CCCN(CCC(=O)O)CCC(=O)O. The molecule has 0 aliphatic carbocycles. The molecule has 0 radical (unpaired) electrons. The van der Waals surface area contributed by atoms with Crippen molar-refractivity contribution in [2.24, 2.45) is 0 Å². The fourth-order valence-corrected chi connectivity index (χ4v) is 1.95. The zero-order valence-corrected chi connectivity index (χ0v) is 11.7. The van der Waals surface area contributed by atoms with E-state index in [0.717, 1.165) is 18.8 Å². The molecule has 1 aromatic rings. The lowest BCUT2D eigenvalue weighted by Gasteiger charge is -2.20. The summed E-state index contributed by atoms with van der Waals surface area (Å²) >= 11 is 0. The second-order valence-electron chi connectivity index (χ2n) is 4.65.